The monoisotopic (exact) mass is 293 g/mol. The molecule has 0 aliphatic heterocycles. The molecular formula is C16H23NO4. The second-order valence-corrected chi connectivity index (χ2v) is 5.60. The van der Waals surface area contributed by atoms with E-state index in [0.29, 0.717) is 12.2 Å². The standard InChI is InChI=1S/C16H23NO4/c1-10(2)8-13(16(19)20)17-14(18)9-21-15-11(3)6-5-7-12(15)4/h5-7,10,13H,8-9H2,1-4H3,(H,17,18)(H,19,20)/t13-/m1/s1. The van der Waals surface area contributed by atoms with Gasteiger partial charge in [0.15, 0.2) is 6.61 Å². The van der Waals surface area contributed by atoms with Gasteiger partial charge in [0.05, 0.1) is 0 Å². The van der Waals surface area contributed by atoms with Crippen molar-refractivity contribution in [2.45, 2.75) is 40.2 Å². The van der Waals surface area contributed by atoms with E-state index < -0.39 is 17.9 Å². The molecule has 5 heteroatoms. The van der Waals surface area contributed by atoms with E-state index in [1.165, 1.54) is 0 Å². The summed E-state index contributed by atoms with van der Waals surface area (Å²) >= 11 is 0. The molecule has 0 spiro atoms. The molecule has 0 radical (unpaired) electrons. The molecule has 0 aromatic heterocycles. The molecule has 1 rings (SSSR count). The van der Waals surface area contributed by atoms with Gasteiger partial charge in [-0.25, -0.2) is 4.79 Å². The Balaban J connectivity index is 2.59. The summed E-state index contributed by atoms with van der Waals surface area (Å²) in [5.41, 5.74) is 1.89. The minimum absolute atomic E-state index is 0.186. The van der Waals surface area contributed by atoms with Crippen molar-refractivity contribution in [3.05, 3.63) is 29.3 Å². The van der Waals surface area contributed by atoms with Crippen molar-refractivity contribution in [3.8, 4) is 5.75 Å². The third-order valence-electron chi connectivity index (χ3n) is 3.10. The van der Waals surface area contributed by atoms with Crippen molar-refractivity contribution in [1.82, 2.24) is 5.32 Å². The van der Waals surface area contributed by atoms with E-state index >= 15 is 0 Å². The van der Waals surface area contributed by atoms with Crippen LogP contribution < -0.4 is 10.1 Å². The Kier molecular flexibility index (Phi) is 6.21. The summed E-state index contributed by atoms with van der Waals surface area (Å²) < 4.78 is 5.51. The number of nitrogens with one attached hydrogen (secondary N) is 1. The van der Waals surface area contributed by atoms with Crippen LogP contribution in [0.3, 0.4) is 0 Å². The largest absolute Gasteiger partial charge is 0.483 e. The first-order valence-electron chi connectivity index (χ1n) is 7.02. The van der Waals surface area contributed by atoms with Gasteiger partial charge in [0.2, 0.25) is 0 Å². The lowest BCUT2D eigenvalue weighted by molar-refractivity contribution is -0.142. The topological polar surface area (TPSA) is 75.6 Å². The third-order valence-corrected chi connectivity index (χ3v) is 3.10. The minimum atomic E-state index is -1.02. The fourth-order valence-corrected chi connectivity index (χ4v) is 2.09. The molecule has 1 atom stereocenters. The van der Waals surface area contributed by atoms with E-state index in [1.54, 1.807) is 0 Å². The highest BCUT2D eigenvalue weighted by Gasteiger charge is 2.21. The number of ether oxygens (including phenoxy) is 1. The van der Waals surface area contributed by atoms with Crippen molar-refractivity contribution < 1.29 is 19.4 Å². The fraction of sp³-hybridized carbons (Fsp3) is 0.500. The summed E-state index contributed by atoms with van der Waals surface area (Å²) in [5.74, 6) is -0.593. The third kappa shape index (κ3) is 5.45. The molecule has 5 nitrogen and oxygen atoms in total. The maximum Gasteiger partial charge on any atom is 0.326 e. The number of carboxylic acid groups (broad SMARTS) is 1. The van der Waals surface area contributed by atoms with Crippen LogP contribution in [0.25, 0.3) is 0 Å². The number of aliphatic carboxylic acids is 1. The highest BCUT2D eigenvalue weighted by Crippen LogP contribution is 2.22. The van der Waals surface area contributed by atoms with Gasteiger partial charge in [-0.05, 0) is 37.3 Å². The molecule has 0 aliphatic carbocycles. The molecule has 0 saturated heterocycles. The minimum Gasteiger partial charge on any atom is -0.483 e. The van der Waals surface area contributed by atoms with Gasteiger partial charge in [0.25, 0.3) is 5.91 Å². The van der Waals surface area contributed by atoms with Crippen molar-refractivity contribution in [1.29, 1.82) is 0 Å². The molecule has 0 unspecified atom stereocenters. The zero-order chi connectivity index (χ0) is 16.0. The van der Waals surface area contributed by atoms with Crippen LogP contribution >= 0.6 is 0 Å². The summed E-state index contributed by atoms with van der Waals surface area (Å²) in [6.07, 6.45) is 0.393. The maximum atomic E-state index is 11.8. The first-order valence-corrected chi connectivity index (χ1v) is 7.02. The van der Waals surface area contributed by atoms with Gasteiger partial charge in [-0.3, -0.25) is 4.79 Å². The van der Waals surface area contributed by atoms with Crippen LogP contribution in [0, 0.1) is 19.8 Å². The SMILES string of the molecule is Cc1cccc(C)c1OCC(=O)N[C@H](CC(C)C)C(=O)O. The highest BCUT2D eigenvalue weighted by molar-refractivity contribution is 5.84. The maximum absolute atomic E-state index is 11.8. The summed E-state index contributed by atoms with van der Waals surface area (Å²) in [6.45, 7) is 7.44. The number of carboxylic acids is 1. The van der Waals surface area contributed by atoms with Gasteiger partial charge in [0.1, 0.15) is 11.8 Å². The van der Waals surface area contributed by atoms with Gasteiger partial charge in [-0.15, -0.1) is 0 Å². The molecule has 0 fully saturated rings. The van der Waals surface area contributed by atoms with E-state index in [9.17, 15) is 9.59 Å². The molecule has 0 saturated carbocycles. The lowest BCUT2D eigenvalue weighted by Gasteiger charge is -2.17. The average Bonchev–Trinajstić information content (AvgIpc) is 2.36. The van der Waals surface area contributed by atoms with Crippen LogP contribution in [-0.4, -0.2) is 29.6 Å². The second kappa shape index (κ2) is 7.67. The Hall–Kier alpha value is -2.04. The quantitative estimate of drug-likeness (QED) is 0.809. The number of benzene rings is 1. The van der Waals surface area contributed by atoms with E-state index in [1.807, 2.05) is 45.9 Å². The van der Waals surface area contributed by atoms with Crippen LogP contribution in [0.4, 0.5) is 0 Å². The molecule has 21 heavy (non-hydrogen) atoms. The van der Waals surface area contributed by atoms with Gasteiger partial charge in [-0.1, -0.05) is 32.0 Å². The predicted octanol–water partition coefficient (Wildman–Crippen LogP) is 2.30. The average molecular weight is 293 g/mol. The predicted molar refractivity (Wildman–Crippen MR) is 80.4 cm³/mol. The molecular weight excluding hydrogens is 270 g/mol. The van der Waals surface area contributed by atoms with Crippen molar-refractivity contribution >= 4 is 11.9 Å². The summed E-state index contributed by atoms with van der Waals surface area (Å²) in [6, 6.07) is 4.85. The normalized spacial score (nSPS) is 12.0. The highest BCUT2D eigenvalue weighted by atomic mass is 16.5. The lowest BCUT2D eigenvalue weighted by Crippen LogP contribution is -2.43. The van der Waals surface area contributed by atoms with Crippen LogP contribution in [0.5, 0.6) is 5.75 Å². The second-order valence-electron chi connectivity index (χ2n) is 5.60. The van der Waals surface area contributed by atoms with Crippen LogP contribution in [0.1, 0.15) is 31.4 Å². The van der Waals surface area contributed by atoms with Gasteiger partial charge >= 0.3 is 5.97 Å². The van der Waals surface area contributed by atoms with E-state index in [4.69, 9.17) is 9.84 Å². The Morgan fingerprint density at radius 1 is 1.24 bits per heavy atom. The van der Waals surface area contributed by atoms with Gasteiger partial charge < -0.3 is 15.2 Å². The van der Waals surface area contributed by atoms with Crippen LogP contribution in [0.2, 0.25) is 0 Å². The van der Waals surface area contributed by atoms with Crippen LogP contribution in [0.15, 0.2) is 18.2 Å². The van der Waals surface area contributed by atoms with E-state index in [2.05, 4.69) is 5.32 Å². The fourth-order valence-electron chi connectivity index (χ4n) is 2.09. The molecule has 0 bridgehead atoms. The van der Waals surface area contributed by atoms with Gasteiger partial charge in [0, 0.05) is 0 Å². The number of carbonyl (C=O) groups is 2. The molecule has 1 aromatic carbocycles. The molecule has 2 N–H and O–H groups in total. The lowest BCUT2D eigenvalue weighted by atomic mass is 10.0. The van der Waals surface area contributed by atoms with E-state index in [0.717, 1.165) is 11.1 Å². The summed E-state index contributed by atoms with van der Waals surface area (Å²) in [5, 5.41) is 11.6. The zero-order valence-electron chi connectivity index (χ0n) is 13.0. The van der Waals surface area contributed by atoms with Crippen LogP contribution in [-0.2, 0) is 9.59 Å². The Morgan fingerprint density at radius 3 is 2.29 bits per heavy atom. The molecule has 1 amide bonds. The van der Waals surface area contributed by atoms with Gasteiger partial charge in [-0.2, -0.15) is 0 Å². The number of carbonyl (C=O) groups excluding carboxylic acids is 1. The molecule has 1 aromatic rings. The number of hydrogen-bond acceptors (Lipinski definition) is 3. The van der Waals surface area contributed by atoms with E-state index in [-0.39, 0.29) is 12.5 Å². The number of para-hydroxylation sites is 1. The summed E-state index contributed by atoms with van der Waals surface area (Å²) in [4.78, 5) is 22.9. The zero-order valence-corrected chi connectivity index (χ0v) is 13.0. The molecule has 116 valence electrons. The number of rotatable bonds is 7. The van der Waals surface area contributed by atoms with Crippen molar-refractivity contribution in [2.24, 2.45) is 5.92 Å². The Bertz CT molecular complexity index is 491. The Morgan fingerprint density at radius 2 is 1.81 bits per heavy atom. The molecule has 0 aliphatic rings. The van der Waals surface area contributed by atoms with Crippen molar-refractivity contribution in [3.63, 3.8) is 0 Å². The first-order chi connectivity index (χ1) is 9.81. The first kappa shape index (κ1) is 17.0. The number of hydrogen-bond donors (Lipinski definition) is 2. The summed E-state index contributed by atoms with van der Waals surface area (Å²) in [7, 11) is 0. The smallest absolute Gasteiger partial charge is 0.326 e. The van der Waals surface area contributed by atoms with Crippen molar-refractivity contribution in [2.75, 3.05) is 6.61 Å². The number of amides is 1. The Labute approximate surface area is 125 Å². The number of aryl methyl sites for hydroxylation is 2. The molecule has 0 heterocycles.